The zero-order chi connectivity index (χ0) is 16.3. The van der Waals surface area contributed by atoms with Crippen molar-refractivity contribution in [1.82, 2.24) is 0 Å². The minimum Gasteiger partial charge on any atom is -0.409 e. The Morgan fingerprint density at radius 2 is 2.05 bits per heavy atom. The third-order valence-electron chi connectivity index (χ3n) is 2.75. The van der Waals surface area contributed by atoms with E-state index in [0.717, 1.165) is 0 Å². The van der Waals surface area contributed by atoms with Crippen LogP contribution in [-0.2, 0) is 10.0 Å². The Morgan fingerprint density at radius 1 is 1.43 bits per heavy atom. The number of nitrogens with one attached hydrogen (secondary N) is 1. The Bertz CT molecular complexity index is 637. The Kier molecular flexibility index (Phi) is 5.63. The van der Waals surface area contributed by atoms with E-state index in [1.807, 2.05) is 20.8 Å². The molecule has 0 aliphatic rings. The molecular weight excluding hydrogens is 358 g/mol. The van der Waals surface area contributed by atoms with E-state index in [4.69, 9.17) is 10.9 Å². The molecule has 1 aromatic carbocycles. The van der Waals surface area contributed by atoms with Gasteiger partial charge < -0.3 is 10.9 Å². The van der Waals surface area contributed by atoms with Gasteiger partial charge in [-0.3, -0.25) is 4.72 Å². The van der Waals surface area contributed by atoms with Crippen molar-refractivity contribution in [2.45, 2.75) is 27.2 Å². The second-order valence-corrected chi connectivity index (χ2v) is 8.66. The van der Waals surface area contributed by atoms with E-state index in [0.29, 0.717) is 16.5 Å². The van der Waals surface area contributed by atoms with E-state index in [9.17, 15) is 8.42 Å². The minimum absolute atomic E-state index is 0.00136. The maximum absolute atomic E-state index is 12.2. The van der Waals surface area contributed by atoms with Crippen LogP contribution < -0.4 is 10.5 Å². The van der Waals surface area contributed by atoms with Crippen molar-refractivity contribution in [1.29, 1.82) is 0 Å². The average molecular weight is 378 g/mol. The van der Waals surface area contributed by atoms with Gasteiger partial charge in [0.1, 0.15) is 0 Å². The molecule has 0 aliphatic carbocycles. The predicted octanol–water partition coefficient (Wildman–Crippen LogP) is 2.72. The lowest BCUT2D eigenvalue weighted by Crippen LogP contribution is -2.23. The smallest absolute Gasteiger partial charge is 0.232 e. The van der Waals surface area contributed by atoms with Crippen LogP contribution in [0.15, 0.2) is 27.8 Å². The highest BCUT2D eigenvalue weighted by atomic mass is 79.9. The molecule has 0 saturated carbocycles. The fourth-order valence-electron chi connectivity index (χ4n) is 1.54. The van der Waals surface area contributed by atoms with E-state index >= 15 is 0 Å². The lowest BCUT2D eigenvalue weighted by molar-refractivity contribution is 0.318. The number of anilines is 1. The molecule has 0 heterocycles. The first-order valence-corrected chi connectivity index (χ1v) is 8.76. The zero-order valence-electron chi connectivity index (χ0n) is 12.2. The first-order valence-electron chi connectivity index (χ1n) is 6.32. The van der Waals surface area contributed by atoms with E-state index in [1.165, 1.54) is 0 Å². The van der Waals surface area contributed by atoms with Crippen LogP contribution >= 0.6 is 15.9 Å². The average Bonchev–Trinajstić information content (AvgIpc) is 2.35. The van der Waals surface area contributed by atoms with Crippen molar-refractivity contribution in [3.63, 3.8) is 0 Å². The number of hydrogen-bond donors (Lipinski definition) is 3. The van der Waals surface area contributed by atoms with Crippen LogP contribution in [0.5, 0.6) is 0 Å². The van der Waals surface area contributed by atoms with Gasteiger partial charge >= 0.3 is 0 Å². The van der Waals surface area contributed by atoms with Crippen molar-refractivity contribution < 1.29 is 13.6 Å². The standard InChI is InChI=1S/C13H20BrN3O3S/c1-13(2,3)6-7-21(19,20)17-11-8-9(14)4-5-10(11)12(15)16-18/h4-5,8,17-18H,6-7H2,1-3H3,(H2,15,16). The molecule has 0 aromatic heterocycles. The summed E-state index contributed by atoms with van der Waals surface area (Å²) in [5.74, 6) is -0.158. The molecule has 0 fully saturated rings. The van der Waals surface area contributed by atoms with E-state index in [2.05, 4.69) is 25.8 Å². The van der Waals surface area contributed by atoms with Gasteiger partial charge in [0.25, 0.3) is 0 Å². The molecule has 1 aromatic rings. The Labute approximate surface area is 133 Å². The summed E-state index contributed by atoms with van der Waals surface area (Å²) in [4.78, 5) is 0. The van der Waals surface area contributed by atoms with Crippen molar-refractivity contribution >= 4 is 37.5 Å². The summed E-state index contributed by atoms with van der Waals surface area (Å²) in [5.41, 5.74) is 6.07. The van der Waals surface area contributed by atoms with Gasteiger partial charge in [-0.15, -0.1) is 0 Å². The maximum Gasteiger partial charge on any atom is 0.232 e. The third kappa shape index (κ3) is 5.92. The summed E-state index contributed by atoms with van der Waals surface area (Å²) >= 11 is 3.27. The van der Waals surface area contributed by atoms with Gasteiger partial charge in [0, 0.05) is 10.0 Å². The molecular formula is C13H20BrN3O3S. The lowest BCUT2D eigenvalue weighted by Gasteiger charge is -2.19. The van der Waals surface area contributed by atoms with E-state index in [1.54, 1.807) is 18.2 Å². The molecule has 21 heavy (non-hydrogen) atoms. The molecule has 1 rings (SSSR count). The number of halogens is 1. The van der Waals surface area contributed by atoms with Gasteiger partial charge in [0.2, 0.25) is 10.0 Å². The number of oxime groups is 1. The van der Waals surface area contributed by atoms with Gasteiger partial charge in [-0.2, -0.15) is 0 Å². The normalized spacial score (nSPS) is 13.2. The molecule has 0 atom stereocenters. The van der Waals surface area contributed by atoms with Crippen LogP contribution in [0.25, 0.3) is 0 Å². The number of benzene rings is 1. The Hall–Kier alpha value is -1.28. The van der Waals surface area contributed by atoms with Crippen molar-refractivity contribution in [3.8, 4) is 0 Å². The Balaban J connectivity index is 3.04. The topological polar surface area (TPSA) is 105 Å². The highest BCUT2D eigenvalue weighted by Crippen LogP contribution is 2.24. The van der Waals surface area contributed by atoms with Gasteiger partial charge in [0.05, 0.1) is 11.4 Å². The number of rotatable bonds is 5. The number of sulfonamides is 1. The molecule has 0 amide bonds. The van der Waals surface area contributed by atoms with Gasteiger partial charge in [-0.1, -0.05) is 41.9 Å². The number of amidine groups is 1. The summed E-state index contributed by atoms with van der Waals surface area (Å²) in [6, 6.07) is 4.82. The summed E-state index contributed by atoms with van der Waals surface area (Å²) in [5, 5.41) is 11.7. The van der Waals surface area contributed by atoms with Gasteiger partial charge in [-0.05, 0) is 30.0 Å². The molecule has 0 unspecified atom stereocenters. The molecule has 0 spiro atoms. The molecule has 6 nitrogen and oxygen atoms in total. The first-order chi connectivity index (χ1) is 9.54. The van der Waals surface area contributed by atoms with E-state index in [-0.39, 0.29) is 22.7 Å². The van der Waals surface area contributed by atoms with Crippen LogP contribution in [0.1, 0.15) is 32.8 Å². The van der Waals surface area contributed by atoms with Crippen molar-refractivity contribution in [3.05, 3.63) is 28.2 Å². The quantitative estimate of drug-likeness (QED) is 0.317. The molecule has 4 N–H and O–H groups in total. The predicted molar refractivity (Wildman–Crippen MR) is 88.1 cm³/mol. The molecule has 8 heteroatoms. The largest absolute Gasteiger partial charge is 0.409 e. The minimum atomic E-state index is -3.51. The van der Waals surface area contributed by atoms with Gasteiger partial charge in [0.15, 0.2) is 5.84 Å². The van der Waals surface area contributed by atoms with Crippen molar-refractivity contribution in [2.24, 2.45) is 16.3 Å². The van der Waals surface area contributed by atoms with Gasteiger partial charge in [-0.25, -0.2) is 8.42 Å². The molecule has 0 aliphatic heterocycles. The second-order valence-electron chi connectivity index (χ2n) is 5.91. The summed E-state index contributed by atoms with van der Waals surface area (Å²) in [7, 11) is -3.51. The molecule has 0 saturated heterocycles. The summed E-state index contributed by atoms with van der Waals surface area (Å²) in [6.07, 6.45) is 0.523. The SMILES string of the molecule is CC(C)(C)CCS(=O)(=O)Nc1cc(Br)ccc1/C(N)=N/O. The second kappa shape index (κ2) is 6.65. The van der Waals surface area contributed by atoms with Crippen molar-refractivity contribution in [2.75, 3.05) is 10.5 Å². The van der Waals surface area contributed by atoms with Crippen LogP contribution in [-0.4, -0.2) is 25.2 Å². The molecule has 0 bridgehead atoms. The summed E-state index contributed by atoms with van der Waals surface area (Å²) in [6.45, 7) is 5.93. The maximum atomic E-state index is 12.2. The zero-order valence-corrected chi connectivity index (χ0v) is 14.6. The lowest BCUT2D eigenvalue weighted by atomic mass is 9.94. The fourth-order valence-corrected chi connectivity index (χ4v) is 3.39. The van der Waals surface area contributed by atoms with Crippen LogP contribution in [0.3, 0.4) is 0 Å². The molecule has 0 radical (unpaired) electrons. The van der Waals surface area contributed by atoms with Crippen LogP contribution in [0, 0.1) is 5.41 Å². The molecule has 118 valence electrons. The highest BCUT2D eigenvalue weighted by molar-refractivity contribution is 9.10. The third-order valence-corrected chi connectivity index (χ3v) is 4.52. The van der Waals surface area contributed by atoms with Crippen LogP contribution in [0.4, 0.5) is 5.69 Å². The van der Waals surface area contributed by atoms with Crippen LogP contribution in [0.2, 0.25) is 0 Å². The Morgan fingerprint density at radius 3 is 2.57 bits per heavy atom. The number of nitrogens with zero attached hydrogens (tertiary/aromatic N) is 1. The number of nitrogens with two attached hydrogens (primary N) is 1. The number of hydrogen-bond acceptors (Lipinski definition) is 4. The highest BCUT2D eigenvalue weighted by Gasteiger charge is 2.19. The first kappa shape index (κ1) is 17.8. The monoisotopic (exact) mass is 377 g/mol. The van der Waals surface area contributed by atoms with E-state index < -0.39 is 10.0 Å². The summed E-state index contributed by atoms with van der Waals surface area (Å²) < 4.78 is 27.5. The fraction of sp³-hybridized carbons (Fsp3) is 0.462.